The Morgan fingerprint density at radius 2 is 1.96 bits per heavy atom. The molecule has 0 radical (unpaired) electrons. The number of methoxy groups -OCH3 is 1. The Balaban J connectivity index is 2.61. The molecule has 1 aromatic rings. The highest BCUT2D eigenvalue weighted by molar-refractivity contribution is 7.90. The van der Waals surface area contributed by atoms with Crippen LogP contribution in [0.3, 0.4) is 0 Å². The van der Waals surface area contributed by atoms with Gasteiger partial charge >= 0.3 is 0 Å². The van der Waals surface area contributed by atoms with Crippen molar-refractivity contribution in [1.82, 2.24) is 10.6 Å². The normalized spacial score (nSPS) is 12.7. The molecule has 0 fully saturated rings. The number of rotatable bonds is 10. The van der Waals surface area contributed by atoms with Gasteiger partial charge in [0.05, 0.1) is 12.9 Å². The summed E-state index contributed by atoms with van der Waals surface area (Å²) in [5.41, 5.74) is 2.16. The van der Waals surface area contributed by atoms with Gasteiger partial charge in [-0.1, -0.05) is 26.0 Å². The second-order valence-electron chi connectivity index (χ2n) is 7.72. The van der Waals surface area contributed by atoms with Gasteiger partial charge in [0.15, 0.2) is 5.96 Å². The lowest BCUT2D eigenvalue weighted by molar-refractivity contribution is 0.365. The average molecular weight is 398 g/mol. The fraction of sp³-hybridized carbons (Fsp3) is 0.650. The molecule has 154 valence electrons. The fourth-order valence-corrected chi connectivity index (χ4v) is 3.44. The summed E-state index contributed by atoms with van der Waals surface area (Å²) in [5, 5.41) is 6.59. The first-order valence-corrected chi connectivity index (χ1v) is 11.5. The summed E-state index contributed by atoms with van der Waals surface area (Å²) in [6.07, 6.45) is 2.73. The van der Waals surface area contributed by atoms with E-state index in [0.29, 0.717) is 13.0 Å². The molecule has 0 atom stereocenters. The highest BCUT2D eigenvalue weighted by Gasteiger charge is 2.20. The summed E-state index contributed by atoms with van der Waals surface area (Å²) in [7, 11) is -1.26. The van der Waals surface area contributed by atoms with Gasteiger partial charge in [0.25, 0.3) is 0 Å². The zero-order valence-corrected chi connectivity index (χ0v) is 18.4. The number of nitrogens with one attached hydrogen (secondary N) is 2. The van der Waals surface area contributed by atoms with Crippen molar-refractivity contribution in [1.29, 1.82) is 0 Å². The van der Waals surface area contributed by atoms with Crippen LogP contribution in [0.25, 0.3) is 0 Å². The number of aryl methyl sites for hydroxylation is 1. The van der Waals surface area contributed by atoms with Crippen LogP contribution in [-0.2, 0) is 16.3 Å². The van der Waals surface area contributed by atoms with Gasteiger partial charge in [-0.3, -0.25) is 4.99 Å². The van der Waals surface area contributed by atoms with Gasteiger partial charge in [0.2, 0.25) is 0 Å². The molecular weight excluding hydrogens is 362 g/mol. The Hall–Kier alpha value is -1.76. The molecule has 2 N–H and O–H groups in total. The second kappa shape index (κ2) is 10.5. The lowest BCUT2D eigenvalue weighted by Crippen LogP contribution is -2.39. The van der Waals surface area contributed by atoms with Crippen LogP contribution in [-0.4, -0.2) is 53.1 Å². The SMILES string of the molecule is CCNC(=NCC(C)(C)CCS(C)(=O)=O)NCCc1ccc(C)c(OC)c1. The third kappa shape index (κ3) is 9.65. The molecule has 0 aliphatic rings. The molecule has 0 saturated heterocycles. The van der Waals surface area contributed by atoms with Crippen molar-refractivity contribution in [3.05, 3.63) is 29.3 Å². The number of hydrogen-bond acceptors (Lipinski definition) is 4. The summed E-state index contributed by atoms with van der Waals surface area (Å²) in [6, 6.07) is 6.24. The van der Waals surface area contributed by atoms with Crippen molar-refractivity contribution < 1.29 is 13.2 Å². The predicted molar refractivity (Wildman–Crippen MR) is 114 cm³/mol. The summed E-state index contributed by atoms with van der Waals surface area (Å²) < 4.78 is 28.2. The lowest BCUT2D eigenvalue weighted by Gasteiger charge is -2.22. The monoisotopic (exact) mass is 397 g/mol. The minimum atomic E-state index is -2.95. The number of hydrogen-bond donors (Lipinski definition) is 2. The Kier molecular flexibility index (Phi) is 9.09. The number of ether oxygens (including phenoxy) is 1. The van der Waals surface area contributed by atoms with E-state index in [2.05, 4.69) is 33.8 Å². The molecule has 0 spiro atoms. The molecule has 6 nitrogen and oxygen atoms in total. The highest BCUT2D eigenvalue weighted by Crippen LogP contribution is 2.21. The lowest BCUT2D eigenvalue weighted by atomic mass is 9.90. The van der Waals surface area contributed by atoms with E-state index in [0.717, 1.165) is 36.8 Å². The van der Waals surface area contributed by atoms with Crippen molar-refractivity contribution in [2.24, 2.45) is 10.4 Å². The Labute approximate surface area is 164 Å². The molecule has 0 amide bonds. The first-order chi connectivity index (χ1) is 12.6. The van der Waals surface area contributed by atoms with Crippen LogP contribution in [0, 0.1) is 12.3 Å². The average Bonchev–Trinajstić information content (AvgIpc) is 2.59. The van der Waals surface area contributed by atoms with Crippen LogP contribution in [0.15, 0.2) is 23.2 Å². The number of guanidine groups is 1. The molecule has 0 aromatic heterocycles. The van der Waals surface area contributed by atoms with Gasteiger partial charge in [0, 0.05) is 25.9 Å². The number of benzene rings is 1. The molecular formula is C20H35N3O3S. The van der Waals surface area contributed by atoms with Crippen LogP contribution in [0.1, 0.15) is 38.3 Å². The maximum atomic E-state index is 11.4. The zero-order valence-electron chi connectivity index (χ0n) is 17.6. The van der Waals surface area contributed by atoms with E-state index in [1.165, 1.54) is 11.8 Å². The van der Waals surface area contributed by atoms with Crippen LogP contribution in [0.5, 0.6) is 5.75 Å². The zero-order chi connectivity index (χ0) is 20.5. The van der Waals surface area contributed by atoms with E-state index in [-0.39, 0.29) is 11.2 Å². The molecule has 0 bridgehead atoms. The van der Waals surface area contributed by atoms with Crippen molar-refractivity contribution in [3.63, 3.8) is 0 Å². The van der Waals surface area contributed by atoms with Crippen LogP contribution in [0.2, 0.25) is 0 Å². The first kappa shape index (κ1) is 23.3. The predicted octanol–water partition coefficient (Wildman–Crippen LogP) is 2.56. The van der Waals surface area contributed by atoms with E-state index < -0.39 is 9.84 Å². The molecule has 0 aliphatic carbocycles. The number of sulfone groups is 1. The van der Waals surface area contributed by atoms with Crippen LogP contribution >= 0.6 is 0 Å². The van der Waals surface area contributed by atoms with Crippen molar-refractivity contribution in [3.8, 4) is 5.75 Å². The molecule has 0 saturated carbocycles. The maximum Gasteiger partial charge on any atom is 0.191 e. The van der Waals surface area contributed by atoms with Gasteiger partial charge in [-0.15, -0.1) is 0 Å². The first-order valence-electron chi connectivity index (χ1n) is 9.40. The standard InChI is InChI=1S/C20H35N3O3S/c1-7-21-19(23-15-20(3,4)11-13-27(6,24)25)22-12-10-17-9-8-16(2)18(14-17)26-5/h8-9,14H,7,10-13,15H2,1-6H3,(H2,21,22,23). The third-order valence-electron chi connectivity index (χ3n) is 4.34. The molecule has 27 heavy (non-hydrogen) atoms. The van der Waals surface area contributed by atoms with Crippen LogP contribution < -0.4 is 15.4 Å². The van der Waals surface area contributed by atoms with Crippen molar-refractivity contribution in [2.45, 2.75) is 40.5 Å². The third-order valence-corrected chi connectivity index (χ3v) is 5.28. The van der Waals surface area contributed by atoms with Gasteiger partial charge < -0.3 is 15.4 Å². The van der Waals surface area contributed by atoms with E-state index in [1.807, 2.05) is 27.7 Å². The molecule has 1 rings (SSSR count). The van der Waals surface area contributed by atoms with E-state index in [9.17, 15) is 8.42 Å². The molecule has 0 aliphatic heterocycles. The minimum Gasteiger partial charge on any atom is -0.496 e. The van der Waals surface area contributed by atoms with Gasteiger partial charge in [0.1, 0.15) is 15.6 Å². The Morgan fingerprint density at radius 1 is 1.26 bits per heavy atom. The summed E-state index contributed by atoms with van der Waals surface area (Å²) in [6.45, 7) is 10.2. The van der Waals surface area contributed by atoms with Gasteiger partial charge in [-0.05, 0) is 49.3 Å². The van der Waals surface area contributed by atoms with Gasteiger partial charge in [-0.2, -0.15) is 0 Å². The smallest absolute Gasteiger partial charge is 0.191 e. The largest absolute Gasteiger partial charge is 0.496 e. The molecule has 7 heteroatoms. The van der Waals surface area contributed by atoms with Crippen molar-refractivity contribution >= 4 is 15.8 Å². The number of aliphatic imine (C=N–C) groups is 1. The highest BCUT2D eigenvalue weighted by atomic mass is 32.2. The molecule has 0 unspecified atom stereocenters. The topological polar surface area (TPSA) is 79.8 Å². The van der Waals surface area contributed by atoms with E-state index in [4.69, 9.17) is 4.74 Å². The van der Waals surface area contributed by atoms with E-state index in [1.54, 1.807) is 7.11 Å². The van der Waals surface area contributed by atoms with Crippen molar-refractivity contribution in [2.75, 3.05) is 38.8 Å². The van der Waals surface area contributed by atoms with Gasteiger partial charge in [-0.25, -0.2) is 8.42 Å². The summed E-state index contributed by atoms with van der Waals surface area (Å²) in [5.74, 6) is 1.85. The van der Waals surface area contributed by atoms with E-state index >= 15 is 0 Å². The minimum absolute atomic E-state index is 0.171. The molecule has 0 heterocycles. The quantitative estimate of drug-likeness (QED) is 0.468. The molecule has 1 aromatic carbocycles. The summed E-state index contributed by atoms with van der Waals surface area (Å²) >= 11 is 0. The Bertz CT molecular complexity index is 728. The number of nitrogens with zero attached hydrogens (tertiary/aromatic N) is 1. The van der Waals surface area contributed by atoms with Crippen LogP contribution in [0.4, 0.5) is 0 Å². The summed E-state index contributed by atoms with van der Waals surface area (Å²) in [4.78, 5) is 4.64. The fourth-order valence-electron chi connectivity index (χ4n) is 2.52. The Morgan fingerprint density at radius 3 is 2.56 bits per heavy atom. The second-order valence-corrected chi connectivity index (χ2v) is 9.98. The maximum absolute atomic E-state index is 11.4.